The lowest BCUT2D eigenvalue weighted by Gasteiger charge is -2.39. The van der Waals surface area contributed by atoms with Crippen LogP contribution in [0, 0.1) is 12.8 Å². The third-order valence-electron chi connectivity index (χ3n) is 6.19. The maximum atomic E-state index is 11.6. The summed E-state index contributed by atoms with van der Waals surface area (Å²) in [5.74, 6) is -0.104. The number of allylic oxidation sites excluding steroid dienone is 2. The molecule has 3 atom stereocenters. The molecule has 0 saturated heterocycles. The van der Waals surface area contributed by atoms with Crippen molar-refractivity contribution in [1.82, 2.24) is 0 Å². The molecule has 0 amide bonds. The summed E-state index contributed by atoms with van der Waals surface area (Å²) >= 11 is 0. The Morgan fingerprint density at radius 2 is 1.85 bits per heavy atom. The number of fused-ring (bicyclic) bond motifs is 4. The van der Waals surface area contributed by atoms with E-state index < -0.39 is 5.97 Å². The minimum Gasteiger partial charge on any atom is -0.478 e. The van der Waals surface area contributed by atoms with Crippen LogP contribution in [0.1, 0.15) is 45.4 Å². The molecule has 2 aliphatic rings. The maximum absolute atomic E-state index is 11.6. The van der Waals surface area contributed by atoms with Crippen LogP contribution < -0.4 is 5.32 Å². The van der Waals surface area contributed by atoms with Gasteiger partial charge in [-0.25, -0.2) is 4.79 Å². The fourth-order valence-corrected chi connectivity index (χ4v) is 4.88. The Bertz CT molecular complexity index is 1090. The highest BCUT2D eigenvalue weighted by atomic mass is 16.4. The Hall–Kier alpha value is -3.07. The molecule has 5 rings (SSSR count). The summed E-state index contributed by atoms with van der Waals surface area (Å²) in [6.07, 6.45) is 5.59. The number of nitrogens with one attached hydrogen (secondary N) is 1. The Kier molecular flexibility index (Phi) is 3.57. The van der Waals surface area contributed by atoms with Crippen LogP contribution in [0.4, 0.5) is 5.69 Å². The monoisotopic (exact) mass is 355 g/mol. The average molecular weight is 355 g/mol. The minimum atomic E-state index is -0.872. The largest absolute Gasteiger partial charge is 0.478 e. The minimum absolute atomic E-state index is 0.159. The zero-order chi connectivity index (χ0) is 18.5. The van der Waals surface area contributed by atoms with Crippen molar-refractivity contribution in [2.45, 2.75) is 25.3 Å². The second-order valence-corrected chi connectivity index (χ2v) is 7.55. The number of anilines is 1. The lowest BCUT2D eigenvalue weighted by atomic mass is 9.75. The molecule has 0 spiro atoms. The van der Waals surface area contributed by atoms with Crippen molar-refractivity contribution in [3.63, 3.8) is 0 Å². The molecule has 0 fully saturated rings. The summed E-state index contributed by atoms with van der Waals surface area (Å²) in [5, 5.41) is 15.8. The standard InChI is InChI=1S/C24H21NO2/c1-14-16(24(26)27)12-13-21-18-9-5-11-20(18)23(25-22(14)21)19-10-4-7-15-6-2-3-8-17(15)19/h2-10,12-13,18,20,23,25H,11H2,1H3,(H,26,27)/t18-,20+,23+/m1/s1. The Morgan fingerprint density at radius 1 is 1.04 bits per heavy atom. The average Bonchev–Trinajstić information content (AvgIpc) is 3.17. The van der Waals surface area contributed by atoms with Gasteiger partial charge in [-0.15, -0.1) is 0 Å². The van der Waals surface area contributed by atoms with Gasteiger partial charge in [-0.3, -0.25) is 0 Å². The van der Waals surface area contributed by atoms with E-state index in [9.17, 15) is 9.90 Å². The molecule has 134 valence electrons. The van der Waals surface area contributed by atoms with E-state index in [1.807, 2.05) is 13.0 Å². The van der Waals surface area contributed by atoms with Crippen LogP contribution in [0.2, 0.25) is 0 Å². The molecule has 1 aliphatic carbocycles. The van der Waals surface area contributed by atoms with Crippen LogP contribution in [0.25, 0.3) is 10.8 Å². The molecule has 27 heavy (non-hydrogen) atoms. The van der Waals surface area contributed by atoms with E-state index in [-0.39, 0.29) is 6.04 Å². The smallest absolute Gasteiger partial charge is 0.336 e. The number of carboxylic acids is 1. The van der Waals surface area contributed by atoms with Crippen molar-refractivity contribution < 1.29 is 9.90 Å². The van der Waals surface area contributed by atoms with Crippen molar-refractivity contribution in [2.75, 3.05) is 5.32 Å². The molecule has 3 heteroatoms. The summed E-state index contributed by atoms with van der Waals surface area (Å²) in [6, 6.07) is 18.8. The van der Waals surface area contributed by atoms with Gasteiger partial charge in [-0.05, 0) is 52.8 Å². The van der Waals surface area contributed by atoms with Crippen LogP contribution >= 0.6 is 0 Å². The van der Waals surface area contributed by atoms with E-state index in [0.717, 1.165) is 17.7 Å². The predicted molar refractivity (Wildman–Crippen MR) is 108 cm³/mol. The van der Waals surface area contributed by atoms with Crippen LogP contribution in [-0.4, -0.2) is 11.1 Å². The first kappa shape index (κ1) is 16.1. The molecule has 3 nitrogen and oxygen atoms in total. The second-order valence-electron chi connectivity index (χ2n) is 7.55. The van der Waals surface area contributed by atoms with Crippen molar-refractivity contribution in [1.29, 1.82) is 0 Å². The van der Waals surface area contributed by atoms with Gasteiger partial charge in [0.05, 0.1) is 11.6 Å². The van der Waals surface area contributed by atoms with Gasteiger partial charge in [-0.1, -0.05) is 60.7 Å². The molecular formula is C24H21NO2. The SMILES string of the molecule is Cc1c(C(=O)O)ccc2c1N[C@@H](c1cccc3ccccc13)[C@H]1CC=C[C@@H]21. The summed E-state index contributed by atoms with van der Waals surface area (Å²) in [6.45, 7) is 1.91. The number of aromatic carboxylic acids is 1. The predicted octanol–water partition coefficient (Wildman–Crippen LogP) is 5.67. The highest BCUT2D eigenvalue weighted by Crippen LogP contribution is 2.51. The molecule has 0 radical (unpaired) electrons. The second kappa shape index (κ2) is 5.98. The van der Waals surface area contributed by atoms with E-state index in [2.05, 4.69) is 59.9 Å². The van der Waals surface area contributed by atoms with Gasteiger partial charge < -0.3 is 10.4 Å². The van der Waals surface area contributed by atoms with Crippen LogP contribution in [0.15, 0.2) is 66.7 Å². The van der Waals surface area contributed by atoms with Crippen molar-refractivity contribution in [2.24, 2.45) is 5.92 Å². The van der Waals surface area contributed by atoms with Gasteiger partial charge >= 0.3 is 5.97 Å². The number of hydrogen-bond donors (Lipinski definition) is 2. The highest BCUT2D eigenvalue weighted by molar-refractivity contribution is 5.92. The molecule has 2 N–H and O–H groups in total. The van der Waals surface area contributed by atoms with Crippen LogP contribution in [0.5, 0.6) is 0 Å². The number of carbonyl (C=O) groups is 1. The molecule has 0 unspecified atom stereocenters. The van der Waals surface area contributed by atoms with Crippen molar-refractivity contribution >= 4 is 22.4 Å². The lowest BCUT2D eigenvalue weighted by Crippen LogP contribution is -2.30. The molecule has 0 bridgehead atoms. The quantitative estimate of drug-likeness (QED) is 0.582. The van der Waals surface area contributed by atoms with Gasteiger partial charge in [0.15, 0.2) is 0 Å². The zero-order valence-electron chi connectivity index (χ0n) is 15.1. The van der Waals surface area contributed by atoms with Gasteiger partial charge in [0.25, 0.3) is 0 Å². The molecule has 1 aliphatic heterocycles. The van der Waals surface area contributed by atoms with E-state index in [1.165, 1.54) is 21.9 Å². The van der Waals surface area contributed by atoms with E-state index in [0.29, 0.717) is 17.4 Å². The first-order chi connectivity index (χ1) is 13.1. The normalized spacial score (nSPS) is 22.9. The third-order valence-corrected chi connectivity index (χ3v) is 6.19. The molecule has 3 aromatic carbocycles. The molecule has 0 saturated carbocycles. The topological polar surface area (TPSA) is 49.3 Å². The number of benzene rings is 3. The fraction of sp³-hybridized carbons (Fsp3) is 0.208. The van der Waals surface area contributed by atoms with Crippen LogP contribution in [0.3, 0.4) is 0 Å². The Labute approximate surface area is 158 Å². The number of rotatable bonds is 2. The van der Waals surface area contributed by atoms with Crippen LogP contribution in [-0.2, 0) is 0 Å². The van der Waals surface area contributed by atoms with Gasteiger partial charge in [0, 0.05) is 11.6 Å². The lowest BCUT2D eigenvalue weighted by molar-refractivity contribution is 0.0696. The summed E-state index contributed by atoms with van der Waals surface area (Å²) < 4.78 is 0. The van der Waals surface area contributed by atoms with Gasteiger partial charge in [0.1, 0.15) is 0 Å². The Balaban J connectivity index is 1.70. The molecule has 3 aromatic rings. The van der Waals surface area contributed by atoms with E-state index in [1.54, 1.807) is 6.07 Å². The van der Waals surface area contributed by atoms with Crippen molar-refractivity contribution in [3.8, 4) is 0 Å². The number of hydrogen-bond acceptors (Lipinski definition) is 2. The summed E-state index contributed by atoms with van der Waals surface area (Å²) in [4.78, 5) is 11.6. The van der Waals surface area contributed by atoms with Crippen molar-refractivity contribution in [3.05, 3.63) is 89.0 Å². The fourth-order valence-electron chi connectivity index (χ4n) is 4.88. The molecule has 1 heterocycles. The first-order valence-corrected chi connectivity index (χ1v) is 9.43. The summed E-state index contributed by atoms with van der Waals surface area (Å²) in [5.41, 5.74) is 4.69. The third kappa shape index (κ3) is 2.38. The first-order valence-electron chi connectivity index (χ1n) is 9.43. The molecular weight excluding hydrogens is 334 g/mol. The summed E-state index contributed by atoms with van der Waals surface area (Å²) in [7, 11) is 0. The van der Waals surface area contributed by atoms with E-state index >= 15 is 0 Å². The highest BCUT2D eigenvalue weighted by Gasteiger charge is 2.39. The Morgan fingerprint density at radius 3 is 2.70 bits per heavy atom. The number of carboxylic acid groups (broad SMARTS) is 1. The maximum Gasteiger partial charge on any atom is 0.336 e. The van der Waals surface area contributed by atoms with Gasteiger partial charge in [-0.2, -0.15) is 0 Å². The zero-order valence-corrected chi connectivity index (χ0v) is 15.1. The van der Waals surface area contributed by atoms with Gasteiger partial charge in [0.2, 0.25) is 0 Å². The van der Waals surface area contributed by atoms with E-state index in [4.69, 9.17) is 0 Å². The molecule has 0 aromatic heterocycles.